The molecule has 1 aromatic carbocycles. The van der Waals surface area contributed by atoms with Crippen LogP contribution in [0.5, 0.6) is 0 Å². The van der Waals surface area contributed by atoms with Crippen LogP contribution in [0, 0.1) is 0 Å². The smallest absolute Gasteiger partial charge is 0.339 e. The number of carbonyl (C=O) groups excluding carboxylic acids is 2. The highest BCUT2D eigenvalue weighted by atomic mass is 32.2. The molecule has 1 unspecified atom stereocenters. The molecule has 10 heteroatoms. The lowest BCUT2D eigenvalue weighted by Crippen LogP contribution is -2.59. The van der Waals surface area contributed by atoms with Crippen molar-refractivity contribution in [1.82, 2.24) is 4.31 Å². The molecule has 0 N–H and O–H groups in total. The van der Waals surface area contributed by atoms with Crippen molar-refractivity contribution < 1.29 is 37.0 Å². The predicted molar refractivity (Wildman–Crippen MR) is 92.0 cm³/mol. The molecule has 1 atom stereocenters. The van der Waals surface area contributed by atoms with E-state index in [-0.39, 0.29) is 42.4 Å². The molecule has 1 spiro atoms. The van der Waals surface area contributed by atoms with Crippen molar-refractivity contribution >= 4 is 22.0 Å². The van der Waals surface area contributed by atoms with Crippen molar-refractivity contribution in [1.29, 1.82) is 0 Å². The fourth-order valence-corrected chi connectivity index (χ4v) is 5.34. The van der Waals surface area contributed by atoms with E-state index in [0.29, 0.717) is 13.0 Å². The lowest BCUT2D eigenvalue weighted by molar-refractivity contribution is -0.0293. The molecule has 0 aromatic heterocycles. The molecule has 1 aromatic rings. The van der Waals surface area contributed by atoms with Gasteiger partial charge in [0.2, 0.25) is 10.0 Å². The molecule has 0 saturated carbocycles. The Morgan fingerprint density at radius 3 is 2.33 bits per heavy atom. The molecule has 0 amide bonds. The van der Waals surface area contributed by atoms with E-state index in [1.807, 2.05) is 0 Å². The highest BCUT2D eigenvalue weighted by Gasteiger charge is 2.49. The van der Waals surface area contributed by atoms with E-state index in [1.54, 1.807) is 0 Å². The third kappa shape index (κ3) is 3.45. The van der Waals surface area contributed by atoms with Crippen LogP contribution in [0.2, 0.25) is 0 Å². The Kier molecular flexibility index (Phi) is 5.52. The Hall–Kier alpha value is -2.01. The lowest BCUT2D eigenvalue weighted by Gasteiger charge is -2.42. The molecule has 2 aliphatic heterocycles. The third-order valence-electron chi connectivity index (χ3n) is 4.80. The lowest BCUT2D eigenvalue weighted by atomic mass is 9.99. The molecule has 0 bridgehead atoms. The zero-order valence-electron chi connectivity index (χ0n) is 15.1. The average molecular weight is 399 g/mol. The van der Waals surface area contributed by atoms with Crippen molar-refractivity contribution in [2.45, 2.75) is 16.9 Å². The molecule has 27 heavy (non-hydrogen) atoms. The minimum Gasteiger partial charge on any atom is -0.465 e. The standard InChI is InChI=1S/C17H21NO8S/c1-23-15(19)12-3-4-13(16(20)24-2)14(9-12)27(21,22)18-6-8-26-11-17(18)5-7-25-10-17/h3-4,9H,5-8,10-11H2,1-2H3. The highest BCUT2D eigenvalue weighted by Crippen LogP contribution is 2.35. The molecule has 9 nitrogen and oxygen atoms in total. The summed E-state index contributed by atoms with van der Waals surface area (Å²) in [5.74, 6) is -1.52. The van der Waals surface area contributed by atoms with Gasteiger partial charge in [0, 0.05) is 13.2 Å². The van der Waals surface area contributed by atoms with Crippen LogP contribution < -0.4 is 0 Å². The zero-order chi connectivity index (χ0) is 19.7. The van der Waals surface area contributed by atoms with E-state index in [1.165, 1.54) is 23.5 Å². The number of methoxy groups -OCH3 is 2. The molecule has 0 aliphatic carbocycles. The summed E-state index contributed by atoms with van der Waals surface area (Å²) >= 11 is 0. The number of hydrogen-bond acceptors (Lipinski definition) is 8. The van der Waals surface area contributed by atoms with Crippen molar-refractivity contribution in [2.24, 2.45) is 0 Å². The number of sulfonamides is 1. The van der Waals surface area contributed by atoms with Crippen LogP contribution in [0.15, 0.2) is 23.1 Å². The monoisotopic (exact) mass is 399 g/mol. The Balaban J connectivity index is 2.14. The summed E-state index contributed by atoms with van der Waals surface area (Å²) in [4.78, 5) is 23.7. The first kappa shape index (κ1) is 19.7. The number of nitrogens with zero attached hydrogens (tertiary/aromatic N) is 1. The number of rotatable bonds is 4. The first-order chi connectivity index (χ1) is 12.9. The number of morpholine rings is 1. The minimum absolute atomic E-state index is 0.0220. The molecule has 148 valence electrons. The van der Waals surface area contributed by atoms with Crippen LogP contribution in [0.25, 0.3) is 0 Å². The molecule has 2 heterocycles. The van der Waals surface area contributed by atoms with Crippen LogP contribution in [-0.2, 0) is 29.0 Å². The second-order valence-electron chi connectivity index (χ2n) is 6.35. The highest BCUT2D eigenvalue weighted by molar-refractivity contribution is 7.89. The number of esters is 2. The van der Waals surface area contributed by atoms with E-state index in [4.69, 9.17) is 14.2 Å². The molecular formula is C17H21NO8S. The van der Waals surface area contributed by atoms with E-state index in [9.17, 15) is 18.0 Å². The first-order valence-electron chi connectivity index (χ1n) is 8.35. The van der Waals surface area contributed by atoms with E-state index in [0.717, 1.165) is 13.2 Å². The van der Waals surface area contributed by atoms with E-state index < -0.39 is 27.5 Å². The quantitative estimate of drug-likeness (QED) is 0.671. The number of ether oxygens (including phenoxy) is 4. The summed E-state index contributed by atoms with van der Waals surface area (Å²) in [5.41, 5.74) is -0.953. The molecule has 2 saturated heterocycles. The van der Waals surface area contributed by atoms with E-state index >= 15 is 0 Å². The fourth-order valence-electron chi connectivity index (χ4n) is 3.38. The molecule has 3 rings (SSSR count). The van der Waals surface area contributed by atoms with Crippen molar-refractivity contribution in [3.05, 3.63) is 29.3 Å². The maximum atomic E-state index is 13.5. The van der Waals surface area contributed by atoms with E-state index in [2.05, 4.69) is 4.74 Å². The van der Waals surface area contributed by atoms with Gasteiger partial charge in [0.25, 0.3) is 0 Å². The number of hydrogen-bond donors (Lipinski definition) is 0. The van der Waals surface area contributed by atoms with Crippen LogP contribution in [0.4, 0.5) is 0 Å². The summed E-state index contributed by atoms with van der Waals surface area (Å²) in [6, 6.07) is 3.72. The van der Waals surface area contributed by atoms with Gasteiger partial charge in [-0.3, -0.25) is 0 Å². The van der Waals surface area contributed by atoms with Crippen molar-refractivity contribution in [3.8, 4) is 0 Å². The summed E-state index contributed by atoms with van der Waals surface area (Å²) in [6.07, 6.45) is 0.483. The van der Waals surface area contributed by atoms with Crippen LogP contribution >= 0.6 is 0 Å². The Bertz CT molecular complexity index is 844. The largest absolute Gasteiger partial charge is 0.465 e. The van der Waals surface area contributed by atoms with Gasteiger partial charge in [-0.25, -0.2) is 18.0 Å². The number of carbonyl (C=O) groups is 2. The maximum Gasteiger partial charge on any atom is 0.339 e. The molecular weight excluding hydrogens is 378 g/mol. The van der Waals surface area contributed by atoms with Gasteiger partial charge in [0.05, 0.1) is 55.6 Å². The predicted octanol–water partition coefficient (Wildman–Crippen LogP) is 0.440. The maximum absolute atomic E-state index is 13.5. The van der Waals surface area contributed by atoms with Crippen molar-refractivity contribution in [2.75, 3.05) is 47.2 Å². The third-order valence-corrected chi connectivity index (χ3v) is 6.84. The van der Waals surface area contributed by atoms with Gasteiger partial charge < -0.3 is 18.9 Å². The SMILES string of the molecule is COC(=O)c1ccc(C(=O)OC)c(S(=O)(=O)N2CCOCC23CCOC3)c1. The van der Waals surface area contributed by atoms with Gasteiger partial charge in [-0.1, -0.05) is 0 Å². The second kappa shape index (κ2) is 7.55. The zero-order valence-corrected chi connectivity index (χ0v) is 15.9. The van der Waals surface area contributed by atoms with Crippen LogP contribution in [0.3, 0.4) is 0 Å². The molecule has 0 radical (unpaired) electrons. The van der Waals surface area contributed by atoms with Gasteiger partial charge in [0.15, 0.2) is 0 Å². The van der Waals surface area contributed by atoms with Gasteiger partial charge in [0.1, 0.15) is 0 Å². The Labute approximate surface area is 157 Å². The minimum atomic E-state index is -4.14. The number of benzene rings is 1. The fraction of sp³-hybridized carbons (Fsp3) is 0.529. The summed E-state index contributed by atoms with van der Waals surface area (Å²) in [7, 11) is -1.79. The summed E-state index contributed by atoms with van der Waals surface area (Å²) in [6.45, 7) is 1.17. The summed E-state index contributed by atoms with van der Waals surface area (Å²) in [5, 5.41) is 0. The van der Waals surface area contributed by atoms with Crippen LogP contribution in [0.1, 0.15) is 27.1 Å². The molecule has 2 fully saturated rings. The normalized spacial score (nSPS) is 23.3. The Morgan fingerprint density at radius 1 is 1.07 bits per heavy atom. The topological polar surface area (TPSA) is 108 Å². The van der Waals surface area contributed by atoms with Gasteiger partial charge in [-0.2, -0.15) is 4.31 Å². The average Bonchev–Trinajstić information content (AvgIpc) is 3.14. The van der Waals surface area contributed by atoms with Crippen LogP contribution in [-0.4, -0.2) is 77.4 Å². The van der Waals surface area contributed by atoms with Crippen molar-refractivity contribution in [3.63, 3.8) is 0 Å². The van der Waals surface area contributed by atoms with Gasteiger partial charge in [-0.15, -0.1) is 0 Å². The van der Waals surface area contributed by atoms with Gasteiger partial charge >= 0.3 is 11.9 Å². The Morgan fingerprint density at radius 2 is 1.74 bits per heavy atom. The summed E-state index contributed by atoms with van der Waals surface area (Å²) < 4.78 is 48.6. The second-order valence-corrected chi connectivity index (χ2v) is 8.18. The molecule has 2 aliphatic rings. The van der Waals surface area contributed by atoms with Gasteiger partial charge in [-0.05, 0) is 24.6 Å². The first-order valence-corrected chi connectivity index (χ1v) is 9.79.